The SMILES string of the molecule is COc1ccc2c(c1)SC1=C(CC(c3ccccc3)NC1=O)N2. The van der Waals surface area contributed by atoms with Gasteiger partial charge in [0.25, 0.3) is 5.91 Å². The molecule has 5 heteroatoms. The minimum Gasteiger partial charge on any atom is -0.497 e. The van der Waals surface area contributed by atoms with Gasteiger partial charge in [0.2, 0.25) is 0 Å². The van der Waals surface area contributed by atoms with Crippen LogP contribution in [0.5, 0.6) is 5.75 Å². The van der Waals surface area contributed by atoms with E-state index >= 15 is 0 Å². The first-order valence-electron chi connectivity index (χ1n) is 7.46. The van der Waals surface area contributed by atoms with Gasteiger partial charge in [0.15, 0.2) is 0 Å². The summed E-state index contributed by atoms with van der Waals surface area (Å²) in [7, 11) is 1.64. The summed E-state index contributed by atoms with van der Waals surface area (Å²) < 4.78 is 5.26. The van der Waals surface area contributed by atoms with E-state index in [0.29, 0.717) is 0 Å². The van der Waals surface area contributed by atoms with Gasteiger partial charge < -0.3 is 15.4 Å². The molecule has 4 nitrogen and oxygen atoms in total. The largest absolute Gasteiger partial charge is 0.497 e. The normalized spacial score (nSPS) is 19.3. The summed E-state index contributed by atoms with van der Waals surface area (Å²) in [5, 5.41) is 6.53. The van der Waals surface area contributed by atoms with Crippen LogP contribution in [0.15, 0.2) is 64.0 Å². The summed E-state index contributed by atoms with van der Waals surface area (Å²) in [5.74, 6) is 0.770. The second-order valence-corrected chi connectivity index (χ2v) is 6.59. The topological polar surface area (TPSA) is 50.4 Å². The highest BCUT2D eigenvalue weighted by molar-refractivity contribution is 8.04. The number of hydrogen-bond donors (Lipinski definition) is 2. The molecule has 0 saturated heterocycles. The van der Waals surface area contributed by atoms with Gasteiger partial charge in [-0.1, -0.05) is 42.1 Å². The molecule has 116 valence electrons. The van der Waals surface area contributed by atoms with E-state index in [1.165, 1.54) is 11.8 Å². The van der Waals surface area contributed by atoms with E-state index in [1.807, 2.05) is 48.5 Å². The Morgan fingerprint density at radius 2 is 2.00 bits per heavy atom. The number of anilines is 1. The van der Waals surface area contributed by atoms with Crippen LogP contribution in [0.3, 0.4) is 0 Å². The second-order valence-electron chi connectivity index (χ2n) is 5.54. The van der Waals surface area contributed by atoms with Gasteiger partial charge in [-0.3, -0.25) is 4.79 Å². The van der Waals surface area contributed by atoms with Crippen molar-refractivity contribution in [1.29, 1.82) is 0 Å². The van der Waals surface area contributed by atoms with E-state index in [4.69, 9.17) is 4.74 Å². The van der Waals surface area contributed by atoms with Crippen molar-refractivity contribution in [2.75, 3.05) is 12.4 Å². The first-order valence-corrected chi connectivity index (χ1v) is 8.28. The van der Waals surface area contributed by atoms with Crippen molar-refractivity contribution in [3.05, 3.63) is 64.7 Å². The molecule has 2 N–H and O–H groups in total. The summed E-state index contributed by atoms with van der Waals surface area (Å²) in [5.41, 5.74) is 3.14. The van der Waals surface area contributed by atoms with Gasteiger partial charge in [0.1, 0.15) is 5.75 Å². The predicted molar refractivity (Wildman–Crippen MR) is 91.4 cm³/mol. The molecule has 0 aliphatic carbocycles. The molecule has 1 atom stereocenters. The minimum atomic E-state index is -0.0222. The minimum absolute atomic E-state index is 0.00958. The molecule has 0 aromatic heterocycles. The first kappa shape index (κ1) is 14.2. The molecular weight excluding hydrogens is 308 g/mol. The molecule has 0 spiro atoms. The fourth-order valence-electron chi connectivity index (χ4n) is 2.90. The van der Waals surface area contributed by atoms with Gasteiger partial charge in [-0.05, 0) is 23.8 Å². The van der Waals surface area contributed by atoms with E-state index in [0.717, 1.165) is 38.9 Å². The Bertz CT molecular complexity index is 802. The lowest BCUT2D eigenvalue weighted by atomic mass is 9.98. The van der Waals surface area contributed by atoms with E-state index in [1.54, 1.807) is 7.11 Å². The number of nitrogens with one attached hydrogen (secondary N) is 2. The Hall–Kier alpha value is -2.40. The van der Waals surface area contributed by atoms with Crippen molar-refractivity contribution in [3.63, 3.8) is 0 Å². The molecule has 0 saturated carbocycles. The third-order valence-electron chi connectivity index (χ3n) is 4.08. The standard InChI is InChI=1S/C18H16N2O2S/c1-22-12-7-8-13-16(9-12)23-17-15(19-13)10-14(20-18(17)21)11-5-3-2-4-6-11/h2-9,14,19H,10H2,1H3,(H,20,21). The van der Waals surface area contributed by atoms with Crippen LogP contribution in [0.25, 0.3) is 0 Å². The molecule has 23 heavy (non-hydrogen) atoms. The fraction of sp³-hybridized carbons (Fsp3) is 0.167. The number of methoxy groups -OCH3 is 1. The third kappa shape index (κ3) is 2.57. The number of carbonyl (C=O) groups excluding carboxylic acids is 1. The van der Waals surface area contributed by atoms with E-state index in [9.17, 15) is 4.79 Å². The van der Waals surface area contributed by atoms with Crippen molar-refractivity contribution < 1.29 is 9.53 Å². The Morgan fingerprint density at radius 1 is 1.17 bits per heavy atom. The number of ether oxygens (including phenoxy) is 1. The molecular formula is C18H16N2O2S. The smallest absolute Gasteiger partial charge is 0.260 e. The molecule has 2 aliphatic rings. The van der Waals surface area contributed by atoms with Crippen LogP contribution in [0.1, 0.15) is 18.0 Å². The lowest BCUT2D eigenvalue weighted by Gasteiger charge is -2.32. The monoisotopic (exact) mass is 324 g/mol. The summed E-state index contributed by atoms with van der Waals surface area (Å²) in [6.07, 6.45) is 0.767. The number of benzene rings is 2. The Labute approximate surface area is 138 Å². The zero-order chi connectivity index (χ0) is 15.8. The van der Waals surface area contributed by atoms with Crippen LogP contribution < -0.4 is 15.4 Å². The molecule has 2 heterocycles. The van der Waals surface area contributed by atoms with Gasteiger partial charge in [0, 0.05) is 17.0 Å². The zero-order valence-corrected chi connectivity index (χ0v) is 13.4. The van der Waals surface area contributed by atoms with Crippen LogP contribution in [0, 0.1) is 0 Å². The van der Waals surface area contributed by atoms with Gasteiger partial charge in [-0.15, -0.1) is 0 Å². The molecule has 0 fully saturated rings. The first-order chi connectivity index (χ1) is 11.2. The third-order valence-corrected chi connectivity index (χ3v) is 5.28. The quantitative estimate of drug-likeness (QED) is 0.885. The maximum Gasteiger partial charge on any atom is 0.260 e. The van der Waals surface area contributed by atoms with Crippen LogP contribution in [0.2, 0.25) is 0 Å². The number of fused-ring (bicyclic) bond motifs is 1. The van der Waals surface area contributed by atoms with Crippen molar-refractivity contribution >= 4 is 23.4 Å². The number of rotatable bonds is 2. The lowest BCUT2D eigenvalue weighted by molar-refractivity contribution is -0.118. The maximum absolute atomic E-state index is 12.5. The lowest BCUT2D eigenvalue weighted by Crippen LogP contribution is -2.36. The number of thioether (sulfide) groups is 1. The number of amides is 1. The second kappa shape index (κ2) is 5.66. The molecule has 2 aliphatic heterocycles. The fourth-order valence-corrected chi connectivity index (χ4v) is 3.93. The summed E-state index contributed by atoms with van der Waals surface area (Å²) in [6.45, 7) is 0. The van der Waals surface area contributed by atoms with Gasteiger partial charge in [-0.2, -0.15) is 0 Å². The van der Waals surface area contributed by atoms with Crippen LogP contribution >= 0.6 is 11.8 Å². The number of carbonyl (C=O) groups is 1. The van der Waals surface area contributed by atoms with Crippen molar-refractivity contribution in [3.8, 4) is 5.75 Å². The highest BCUT2D eigenvalue weighted by atomic mass is 32.2. The van der Waals surface area contributed by atoms with Gasteiger partial charge in [-0.25, -0.2) is 0 Å². The Kier molecular flexibility index (Phi) is 3.50. The molecule has 2 aromatic carbocycles. The molecule has 4 rings (SSSR count). The van der Waals surface area contributed by atoms with Crippen molar-refractivity contribution in [2.45, 2.75) is 17.4 Å². The molecule has 2 aromatic rings. The van der Waals surface area contributed by atoms with E-state index in [-0.39, 0.29) is 11.9 Å². The highest BCUT2D eigenvalue weighted by Crippen LogP contribution is 2.45. The maximum atomic E-state index is 12.5. The summed E-state index contributed by atoms with van der Waals surface area (Å²) >= 11 is 1.50. The Balaban J connectivity index is 1.65. The Morgan fingerprint density at radius 3 is 2.78 bits per heavy atom. The van der Waals surface area contributed by atoms with Crippen molar-refractivity contribution in [1.82, 2.24) is 5.32 Å². The number of hydrogen-bond acceptors (Lipinski definition) is 4. The predicted octanol–water partition coefficient (Wildman–Crippen LogP) is 3.69. The van der Waals surface area contributed by atoms with Crippen LogP contribution in [-0.4, -0.2) is 13.0 Å². The molecule has 1 unspecified atom stereocenters. The highest BCUT2D eigenvalue weighted by Gasteiger charge is 2.32. The molecule has 1 amide bonds. The van der Waals surface area contributed by atoms with E-state index < -0.39 is 0 Å². The van der Waals surface area contributed by atoms with Gasteiger partial charge >= 0.3 is 0 Å². The van der Waals surface area contributed by atoms with Crippen molar-refractivity contribution in [2.24, 2.45) is 0 Å². The average molecular weight is 324 g/mol. The van der Waals surface area contributed by atoms with E-state index in [2.05, 4.69) is 10.6 Å². The zero-order valence-electron chi connectivity index (χ0n) is 12.6. The average Bonchev–Trinajstić information content (AvgIpc) is 2.60. The summed E-state index contributed by atoms with van der Waals surface area (Å²) in [6, 6.07) is 16.0. The van der Waals surface area contributed by atoms with Crippen LogP contribution in [0.4, 0.5) is 5.69 Å². The van der Waals surface area contributed by atoms with Gasteiger partial charge in [0.05, 0.1) is 23.7 Å². The van der Waals surface area contributed by atoms with Crippen LogP contribution in [-0.2, 0) is 4.79 Å². The summed E-state index contributed by atoms with van der Waals surface area (Å²) in [4.78, 5) is 14.3. The molecule has 0 bridgehead atoms. The molecule has 0 radical (unpaired) electrons.